The Bertz CT molecular complexity index is 1040. The molecule has 3 rings (SSSR count). The number of ketones is 1. The predicted octanol–water partition coefficient (Wildman–Crippen LogP) is 2.88. The molecule has 8 heteroatoms. The van der Waals surface area contributed by atoms with Crippen molar-refractivity contribution in [3.8, 4) is 11.5 Å². The molecule has 158 valence electrons. The van der Waals surface area contributed by atoms with E-state index < -0.39 is 18.0 Å². The van der Waals surface area contributed by atoms with E-state index in [0.29, 0.717) is 17.8 Å². The van der Waals surface area contributed by atoms with Gasteiger partial charge in [0, 0.05) is 28.9 Å². The third kappa shape index (κ3) is 4.27. The van der Waals surface area contributed by atoms with Crippen molar-refractivity contribution < 1.29 is 24.5 Å². The summed E-state index contributed by atoms with van der Waals surface area (Å²) in [6.45, 7) is 7.21. The summed E-state index contributed by atoms with van der Waals surface area (Å²) in [7, 11) is 0. The molecule has 0 saturated carbocycles. The Kier molecular flexibility index (Phi) is 5.52. The number of aromatic nitrogens is 1. The zero-order chi connectivity index (χ0) is 22.2. The van der Waals surface area contributed by atoms with E-state index in [1.807, 2.05) is 39.8 Å². The second-order valence-corrected chi connectivity index (χ2v) is 8.39. The molecule has 0 unspecified atom stereocenters. The summed E-state index contributed by atoms with van der Waals surface area (Å²) in [5.41, 5.74) is 2.54. The molecule has 0 atom stereocenters. The smallest absolute Gasteiger partial charge is 0.341 e. The Morgan fingerprint density at radius 1 is 1.27 bits per heavy atom. The van der Waals surface area contributed by atoms with Crippen molar-refractivity contribution in [2.45, 2.75) is 39.7 Å². The molecule has 0 aliphatic carbocycles. The van der Waals surface area contributed by atoms with Crippen LogP contribution in [0.4, 0.5) is 0 Å². The number of phenolic OH excluding ortho intramolecular Hbond substituents is 1. The molecule has 30 heavy (non-hydrogen) atoms. The Morgan fingerprint density at radius 2 is 1.97 bits per heavy atom. The van der Waals surface area contributed by atoms with Gasteiger partial charge in [-0.25, -0.2) is 9.78 Å². The van der Waals surface area contributed by atoms with Crippen LogP contribution in [0.2, 0.25) is 0 Å². The van der Waals surface area contributed by atoms with Crippen LogP contribution in [0.15, 0.2) is 24.3 Å². The molecule has 1 aliphatic heterocycles. The number of carbonyl (C=O) groups excluding carboxylic acids is 1. The molecule has 8 nitrogen and oxygen atoms in total. The minimum absolute atomic E-state index is 0.0407. The number of benzene rings is 1. The lowest BCUT2D eigenvalue weighted by Gasteiger charge is -2.23. The van der Waals surface area contributed by atoms with E-state index in [1.54, 1.807) is 11.0 Å². The van der Waals surface area contributed by atoms with E-state index >= 15 is 0 Å². The largest absolute Gasteiger partial charge is 0.504 e. The number of Topliss-reactive ketones (excluding diaryl/α,β-unsaturated/α-hetero) is 1. The first-order valence-electron chi connectivity index (χ1n) is 9.53. The van der Waals surface area contributed by atoms with Crippen LogP contribution in [0.5, 0.6) is 11.5 Å². The number of carbonyl (C=O) groups is 2. The standard InChI is InChI=1S/C22H25N3O5/c1-12-5-6-13-9-25(21(23)19(13)24-12)10-16(26)14-7-15(22(2,3)4)20(29)17(8-14)30-11-18(27)28/h5-8,23,29H,9-11H2,1-4H3,(H,27,28). The highest BCUT2D eigenvalue weighted by Crippen LogP contribution is 2.39. The number of phenols is 1. The van der Waals surface area contributed by atoms with E-state index in [-0.39, 0.29) is 35.2 Å². The van der Waals surface area contributed by atoms with Gasteiger partial charge in [-0.2, -0.15) is 0 Å². The highest BCUT2D eigenvalue weighted by Gasteiger charge is 2.29. The maximum Gasteiger partial charge on any atom is 0.341 e. The Balaban J connectivity index is 1.89. The molecule has 0 saturated heterocycles. The van der Waals surface area contributed by atoms with Crippen LogP contribution in [-0.4, -0.2) is 50.8 Å². The normalized spacial score (nSPS) is 13.3. The van der Waals surface area contributed by atoms with Crippen LogP contribution in [0.1, 0.15) is 53.6 Å². The highest BCUT2D eigenvalue weighted by atomic mass is 16.5. The summed E-state index contributed by atoms with van der Waals surface area (Å²) >= 11 is 0. The van der Waals surface area contributed by atoms with Gasteiger partial charge in [0.15, 0.2) is 23.9 Å². The van der Waals surface area contributed by atoms with Gasteiger partial charge in [-0.15, -0.1) is 0 Å². The van der Waals surface area contributed by atoms with Crippen LogP contribution >= 0.6 is 0 Å². The number of aliphatic carboxylic acids is 1. The summed E-state index contributed by atoms with van der Waals surface area (Å²) < 4.78 is 5.21. The lowest BCUT2D eigenvalue weighted by molar-refractivity contribution is -0.139. The molecule has 3 N–H and O–H groups in total. The van der Waals surface area contributed by atoms with E-state index in [0.717, 1.165) is 11.3 Å². The van der Waals surface area contributed by atoms with E-state index in [2.05, 4.69) is 4.98 Å². The molecular weight excluding hydrogens is 386 g/mol. The molecule has 1 aromatic carbocycles. The lowest BCUT2D eigenvalue weighted by Crippen LogP contribution is -2.30. The molecule has 1 aromatic heterocycles. The van der Waals surface area contributed by atoms with Gasteiger partial charge in [0.1, 0.15) is 11.5 Å². The number of pyridine rings is 1. The number of carboxylic acid groups (broad SMARTS) is 1. The van der Waals surface area contributed by atoms with Gasteiger partial charge >= 0.3 is 5.97 Å². The first-order valence-corrected chi connectivity index (χ1v) is 9.53. The zero-order valence-electron chi connectivity index (χ0n) is 17.4. The van der Waals surface area contributed by atoms with Gasteiger partial charge in [-0.1, -0.05) is 26.8 Å². The fourth-order valence-electron chi connectivity index (χ4n) is 3.34. The third-order valence-corrected chi connectivity index (χ3v) is 4.91. The quantitative estimate of drug-likeness (QED) is 0.624. The van der Waals surface area contributed by atoms with Crippen LogP contribution in [0.25, 0.3) is 0 Å². The van der Waals surface area contributed by atoms with Crippen molar-refractivity contribution in [1.29, 1.82) is 5.41 Å². The average molecular weight is 411 g/mol. The minimum Gasteiger partial charge on any atom is -0.504 e. The summed E-state index contributed by atoms with van der Waals surface area (Å²) in [6.07, 6.45) is 0. The molecule has 0 amide bonds. The van der Waals surface area contributed by atoms with Crippen LogP contribution in [0.3, 0.4) is 0 Å². The molecule has 1 aliphatic rings. The average Bonchev–Trinajstić information content (AvgIpc) is 2.95. The second kappa shape index (κ2) is 7.78. The SMILES string of the molecule is Cc1ccc2c(n1)C(=N)N(CC(=O)c1cc(OCC(=O)O)c(O)c(C(C)(C)C)c1)C2. The van der Waals surface area contributed by atoms with E-state index in [4.69, 9.17) is 15.3 Å². The number of amidine groups is 1. The highest BCUT2D eigenvalue weighted by molar-refractivity contribution is 6.04. The number of nitrogens with zero attached hydrogens (tertiary/aromatic N) is 2. The Hall–Kier alpha value is -3.42. The second-order valence-electron chi connectivity index (χ2n) is 8.39. The predicted molar refractivity (Wildman–Crippen MR) is 110 cm³/mol. The number of ether oxygens (including phenoxy) is 1. The van der Waals surface area contributed by atoms with Gasteiger partial charge in [-0.3, -0.25) is 10.2 Å². The Morgan fingerprint density at radius 3 is 2.60 bits per heavy atom. The molecule has 2 aromatic rings. The number of hydrogen-bond donors (Lipinski definition) is 3. The maximum atomic E-state index is 13.0. The van der Waals surface area contributed by atoms with Gasteiger partial charge in [0.05, 0.1) is 6.54 Å². The minimum atomic E-state index is -1.19. The van der Waals surface area contributed by atoms with Crippen LogP contribution in [0, 0.1) is 12.3 Å². The van der Waals surface area contributed by atoms with Crippen molar-refractivity contribution >= 4 is 17.6 Å². The van der Waals surface area contributed by atoms with E-state index in [1.165, 1.54) is 6.07 Å². The zero-order valence-corrected chi connectivity index (χ0v) is 17.4. The molecular formula is C22H25N3O5. The molecule has 0 fully saturated rings. The Labute approximate surface area is 174 Å². The summed E-state index contributed by atoms with van der Waals surface area (Å²) in [4.78, 5) is 29.9. The van der Waals surface area contributed by atoms with Gasteiger partial charge in [0.25, 0.3) is 0 Å². The molecule has 0 radical (unpaired) electrons. The number of aryl methyl sites for hydroxylation is 1. The van der Waals surface area contributed by atoms with Crippen molar-refractivity contribution in [2.75, 3.05) is 13.2 Å². The van der Waals surface area contributed by atoms with E-state index in [9.17, 15) is 14.7 Å². The monoisotopic (exact) mass is 411 g/mol. The molecule has 0 bridgehead atoms. The van der Waals surface area contributed by atoms with Gasteiger partial charge in [-0.05, 0) is 30.5 Å². The third-order valence-electron chi connectivity index (χ3n) is 4.91. The number of carboxylic acids is 1. The van der Waals surface area contributed by atoms with Crippen molar-refractivity contribution in [2.24, 2.45) is 0 Å². The summed E-state index contributed by atoms with van der Waals surface area (Å²) in [5, 5.41) is 27.8. The van der Waals surface area contributed by atoms with Crippen molar-refractivity contribution in [3.05, 3.63) is 52.3 Å². The van der Waals surface area contributed by atoms with Crippen molar-refractivity contribution in [3.63, 3.8) is 0 Å². The van der Waals surface area contributed by atoms with Gasteiger partial charge < -0.3 is 19.8 Å². The topological polar surface area (TPSA) is 124 Å². The van der Waals surface area contributed by atoms with Crippen molar-refractivity contribution in [1.82, 2.24) is 9.88 Å². The number of fused-ring (bicyclic) bond motifs is 1. The summed E-state index contributed by atoms with van der Waals surface area (Å²) in [5.74, 6) is -1.49. The van der Waals surface area contributed by atoms with Crippen LogP contribution < -0.4 is 4.74 Å². The maximum absolute atomic E-state index is 13.0. The number of nitrogens with one attached hydrogen (secondary N) is 1. The molecule has 2 heterocycles. The lowest BCUT2D eigenvalue weighted by atomic mass is 9.84. The van der Waals surface area contributed by atoms with Crippen LogP contribution in [-0.2, 0) is 16.8 Å². The number of rotatable bonds is 6. The summed E-state index contributed by atoms with van der Waals surface area (Å²) in [6, 6.07) is 6.73. The fourth-order valence-corrected chi connectivity index (χ4v) is 3.34. The fraction of sp³-hybridized carbons (Fsp3) is 0.364. The number of hydrogen-bond acceptors (Lipinski definition) is 6. The number of aromatic hydroxyl groups is 1. The first-order chi connectivity index (χ1) is 14.0. The first kappa shape index (κ1) is 21.3. The molecule has 0 spiro atoms. The van der Waals surface area contributed by atoms with Gasteiger partial charge in [0.2, 0.25) is 0 Å².